The largest absolute Gasteiger partial charge is 0.497 e. The first-order valence-electron chi connectivity index (χ1n) is 6.92. The monoisotopic (exact) mass is 288 g/mol. The molecule has 4 nitrogen and oxygen atoms in total. The Morgan fingerprint density at radius 1 is 0.857 bits per heavy atom. The summed E-state index contributed by atoms with van der Waals surface area (Å²) in [7, 11) is 1.65. The summed E-state index contributed by atoms with van der Waals surface area (Å²) in [5.74, 6) is 2.20. The number of para-hydroxylation sites is 2. The van der Waals surface area contributed by atoms with E-state index in [-0.39, 0.29) is 13.2 Å². The molecule has 0 spiro atoms. The average Bonchev–Trinajstić information content (AvgIpc) is 2.54. The van der Waals surface area contributed by atoms with Crippen LogP contribution in [0.1, 0.15) is 5.56 Å². The van der Waals surface area contributed by atoms with Crippen LogP contribution in [0.15, 0.2) is 48.5 Å². The Morgan fingerprint density at radius 2 is 1.48 bits per heavy atom. The smallest absolute Gasteiger partial charge is 0.161 e. The van der Waals surface area contributed by atoms with E-state index in [0.29, 0.717) is 18.1 Å². The third kappa shape index (κ3) is 4.68. The van der Waals surface area contributed by atoms with Crippen LogP contribution in [0, 0.1) is 0 Å². The van der Waals surface area contributed by atoms with Crippen molar-refractivity contribution >= 4 is 0 Å². The van der Waals surface area contributed by atoms with E-state index < -0.39 is 0 Å². The standard InChI is InChI=1S/C17H20O4/c1-19-15-8-6-14(7-9-15)10-12-20-16-4-2-3-5-17(16)21-13-11-18/h2-9,18H,10-13H2,1H3. The van der Waals surface area contributed by atoms with Crippen LogP contribution >= 0.6 is 0 Å². The van der Waals surface area contributed by atoms with Gasteiger partial charge in [-0.25, -0.2) is 0 Å². The molecule has 0 fully saturated rings. The fourth-order valence-corrected chi connectivity index (χ4v) is 1.92. The number of hydrogen-bond acceptors (Lipinski definition) is 4. The predicted molar refractivity (Wildman–Crippen MR) is 81.2 cm³/mol. The lowest BCUT2D eigenvalue weighted by atomic mass is 10.1. The molecule has 0 bridgehead atoms. The van der Waals surface area contributed by atoms with Gasteiger partial charge >= 0.3 is 0 Å². The quantitative estimate of drug-likeness (QED) is 0.811. The Labute approximate surface area is 124 Å². The van der Waals surface area contributed by atoms with E-state index in [1.54, 1.807) is 7.11 Å². The summed E-state index contributed by atoms with van der Waals surface area (Å²) in [5, 5.41) is 8.81. The summed E-state index contributed by atoms with van der Waals surface area (Å²) in [6, 6.07) is 15.4. The van der Waals surface area contributed by atoms with Crippen molar-refractivity contribution in [3.63, 3.8) is 0 Å². The summed E-state index contributed by atoms with van der Waals surface area (Å²) in [4.78, 5) is 0. The summed E-state index contributed by atoms with van der Waals surface area (Å²) >= 11 is 0. The van der Waals surface area contributed by atoms with Crippen molar-refractivity contribution in [2.24, 2.45) is 0 Å². The van der Waals surface area contributed by atoms with Gasteiger partial charge in [-0.3, -0.25) is 0 Å². The minimum Gasteiger partial charge on any atom is -0.497 e. The van der Waals surface area contributed by atoms with Crippen molar-refractivity contribution in [3.05, 3.63) is 54.1 Å². The molecule has 0 radical (unpaired) electrons. The number of methoxy groups -OCH3 is 1. The van der Waals surface area contributed by atoms with Crippen molar-refractivity contribution in [2.45, 2.75) is 6.42 Å². The molecule has 0 atom stereocenters. The highest BCUT2D eigenvalue weighted by Crippen LogP contribution is 2.26. The molecule has 0 aliphatic rings. The Hall–Kier alpha value is -2.20. The van der Waals surface area contributed by atoms with Crippen molar-refractivity contribution in [3.8, 4) is 17.2 Å². The number of benzene rings is 2. The predicted octanol–water partition coefficient (Wildman–Crippen LogP) is 2.69. The molecule has 2 aromatic carbocycles. The van der Waals surface area contributed by atoms with Gasteiger partial charge in [0.1, 0.15) is 12.4 Å². The topological polar surface area (TPSA) is 47.9 Å². The third-order valence-electron chi connectivity index (χ3n) is 3.01. The molecule has 0 amide bonds. The lowest BCUT2D eigenvalue weighted by molar-refractivity contribution is 0.193. The van der Waals surface area contributed by atoms with E-state index in [9.17, 15) is 0 Å². The maximum atomic E-state index is 8.81. The second-order valence-corrected chi connectivity index (χ2v) is 4.47. The van der Waals surface area contributed by atoms with Gasteiger partial charge in [-0.05, 0) is 29.8 Å². The molecule has 0 heterocycles. The third-order valence-corrected chi connectivity index (χ3v) is 3.01. The van der Waals surface area contributed by atoms with Crippen molar-refractivity contribution in [2.75, 3.05) is 26.9 Å². The zero-order chi connectivity index (χ0) is 14.9. The van der Waals surface area contributed by atoms with E-state index >= 15 is 0 Å². The lowest BCUT2D eigenvalue weighted by Crippen LogP contribution is -2.06. The molecule has 2 aromatic rings. The van der Waals surface area contributed by atoms with Gasteiger partial charge in [0.05, 0.1) is 20.3 Å². The second kappa shape index (κ2) is 8.17. The van der Waals surface area contributed by atoms with Gasteiger partial charge < -0.3 is 19.3 Å². The molecule has 1 N–H and O–H groups in total. The van der Waals surface area contributed by atoms with E-state index in [2.05, 4.69) is 0 Å². The van der Waals surface area contributed by atoms with Crippen LogP contribution in [0.5, 0.6) is 17.2 Å². The first kappa shape index (κ1) is 15.2. The number of aliphatic hydroxyl groups excluding tert-OH is 1. The molecular weight excluding hydrogens is 268 g/mol. The molecule has 0 aromatic heterocycles. The lowest BCUT2D eigenvalue weighted by Gasteiger charge is -2.12. The Kier molecular flexibility index (Phi) is 5.91. The summed E-state index contributed by atoms with van der Waals surface area (Å²) < 4.78 is 16.3. The van der Waals surface area contributed by atoms with Crippen LogP contribution in [-0.2, 0) is 6.42 Å². The van der Waals surface area contributed by atoms with Crippen LogP contribution in [0.25, 0.3) is 0 Å². The second-order valence-electron chi connectivity index (χ2n) is 4.47. The maximum Gasteiger partial charge on any atom is 0.161 e. The van der Waals surface area contributed by atoms with Gasteiger partial charge in [0.15, 0.2) is 11.5 Å². The normalized spacial score (nSPS) is 10.2. The molecule has 0 saturated heterocycles. The molecule has 21 heavy (non-hydrogen) atoms. The maximum absolute atomic E-state index is 8.81. The fraction of sp³-hybridized carbons (Fsp3) is 0.294. The molecule has 0 unspecified atom stereocenters. The highest BCUT2D eigenvalue weighted by atomic mass is 16.5. The molecule has 4 heteroatoms. The SMILES string of the molecule is COc1ccc(CCOc2ccccc2OCCO)cc1. The Morgan fingerprint density at radius 3 is 2.05 bits per heavy atom. The molecule has 2 rings (SSSR count). The van der Waals surface area contributed by atoms with E-state index in [4.69, 9.17) is 19.3 Å². The number of rotatable bonds is 8. The van der Waals surface area contributed by atoms with Gasteiger partial charge in [0.25, 0.3) is 0 Å². The van der Waals surface area contributed by atoms with Crippen LogP contribution in [0.4, 0.5) is 0 Å². The summed E-state index contributed by atoms with van der Waals surface area (Å²) in [6.45, 7) is 0.810. The van der Waals surface area contributed by atoms with Crippen LogP contribution in [-0.4, -0.2) is 32.0 Å². The zero-order valence-corrected chi connectivity index (χ0v) is 12.1. The van der Waals surface area contributed by atoms with Gasteiger partial charge in [-0.15, -0.1) is 0 Å². The molecular formula is C17H20O4. The van der Waals surface area contributed by atoms with Gasteiger partial charge in [0.2, 0.25) is 0 Å². The molecule has 112 valence electrons. The van der Waals surface area contributed by atoms with E-state index in [1.807, 2.05) is 48.5 Å². The fourth-order valence-electron chi connectivity index (χ4n) is 1.92. The first-order valence-corrected chi connectivity index (χ1v) is 6.92. The first-order chi connectivity index (χ1) is 10.3. The average molecular weight is 288 g/mol. The van der Waals surface area contributed by atoms with Gasteiger partial charge in [-0.2, -0.15) is 0 Å². The number of hydrogen-bond donors (Lipinski definition) is 1. The summed E-state index contributed by atoms with van der Waals surface area (Å²) in [6.07, 6.45) is 0.804. The summed E-state index contributed by atoms with van der Waals surface area (Å²) in [5.41, 5.74) is 1.18. The van der Waals surface area contributed by atoms with E-state index in [1.165, 1.54) is 5.56 Å². The van der Waals surface area contributed by atoms with Crippen LogP contribution in [0.3, 0.4) is 0 Å². The Balaban J connectivity index is 1.87. The van der Waals surface area contributed by atoms with E-state index in [0.717, 1.165) is 12.2 Å². The zero-order valence-electron chi connectivity index (χ0n) is 12.1. The van der Waals surface area contributed by atoms with Crippen molar-refractivity contribution in [1.29, 1.82) is 0 Å². The number of ether oxygens (including phenoxy) is 3. The van der Waals surface area contributed by atoms with Crippen molar-refractivity contribution in [1.82, 2.24) is 0 Å². The Bertz CT molecular complexity index is 537. The highest BCUT2D eigenvalue weighted by Gasteiger charge is 2.04. The minimum atomic E-state index is -0.0137. The van der Waals surface area contributed by atoms with Crippen LogP contribution in [0.2, 0.25) is 0 Å². The molecule has 0 aliphatic heterocycles. The molecule has 0 aliphatic carbocycles. The number of aliphatic hydroxyl groups is 1. The van der Waals surface area contributed by atoms with Crippen molar-refractivity contribution < 1.29 is 19.3 Å². The van der Waals surface area contributed by atoms with Gasteiger partial charge in [0, 0.05) is 6.42 Å². The highest BCUT2D eigenvalue weighted by molar-refractivity contribution is 5.39. The van der Waals surface area contributed by atoms with Crippen LogP contribution < -0.4 is 14.2 Å². The van der Waals surface area contributed by atoms with Gasteiger partial charge in [-0.1, -0.05) is 24.3 Å². The minimum absolute atomic E-state index is 0.0137. The molecule has 0 saturated carbocycles.